The van der Waals surface area contributed by atoms with Crippen LogP contribution in [0.5, 0.6) is 0 Å². The van der Waals surface area contributed by atoms with Crippen molar-refractivity contribution in [2.24, 2.45) is 0 Å². The highest BCUT2D eigenvalue weighted by atomic mass is 15.2. The Bertz CT molecular complexity index is 707. The van der Waals surface area contributed by atoms with Gasteiger partial charge in [0.25, 0.3) is 0 Å². The van der Waals surface area contributed by atoms with Crippen LogP contribution >= 0.6 is 0 Å². The maximum Gasteiger partial charge on any atom is 0.132 e. The topological polar surface area (TPSA) is 67.6 Å². The summed E-state index contributed by atoms with van der Waals surface area (Å²) >= 11 is 0. The summed E-state index contributed by atoms with van der Waals surface area (Å²) < 4.78 is 2.20. The van der Waals surface area contributed by atoms with Crippen molar-refractivity contribution in [3.8, 4) is 17.3 Å². The third-order valence-electron chi connectivity index (χ3n) is 3.82. The van der Waals surface area contributed by atoms with Gasteiger partial charge in [0.05, 0.1) is 11.6 Å². The lowest BCUT2D eigenvalue weighted by Gasteiger charge is -2.20. The Hall–Kier alpha value is -2.28. The van der Waals surface area contributed by atoms with Gasteiger partial charge in [-0.3, -0.25) is 0 Å². The normalized spacial score (nSPS) is 15.0. The molecule has 1 fully saturated rings. The molecule has 2 N–H and O–H groups in total. The molecule has 4 heteroatoms. The number of hydrogen-bond donors (Lipinski definition) is 1. The van der Waals surface area contributed by atoms with E-state index in [1.165, 1.54) is 12.8 Å². The molecule has 4 nitrogen and oxygen atoms in total. The van der Waals surface area contributed by atoms with E-state index >= 15 is 0 Å². The van der Waals surface area contributed by atoms with Gasteiger partial charge in [-0.15, -0.1) is 0 Å². The average molecular weight is 280 g/mol. The van der Waals surface area contributed by atoms with E-state index in [1.54, 1.807) is 0 Å². The van der Waals surface area contributed by atoms with Crippen molar-refractivity contribution in [3.63, 3.8) is 0 Å². The van der Waals surface area contributed by atoms with Gasteiger partial charge in [-0.2, -0.15) is 5.26 Å². The summed E-state index contributed by atoms with van der Waals surface area (Å²) in [6.45, 7) is 6.49. The van der Waals surface area contributed by atoms with E-state index in [2.05, 4.69) is 31.4 Å². The second-order valence-electron chi connectivity index (χ2n) is 6.71. The third-order valence-corrected chi connectivity index (χ3v) is 3.82. The van der Waals surface area contributed by atoms with E-state index in [9.17, 15) is 0 Å². The smallest absolute Gasteiger partial charge is 0.132 e. The Morgan fingerprint density at radius 1 is 1.24 bits per heavy atom. The Labute approximate surface area is 125 Å². The molecule has 0 atom stereocenters. The van der Waals surface area contributed by atoms with Crippen LogP contribution in [-0.4, -0.2) is 9.55 Å². The zero-order chi connectivity index (χ0) is 15.2. The molecule has 0 radical (unpaired) electrons. The molecule has 1 aliphatic carbocycles. The number of anilines is 1. The lowest BCUT2D eigenvalue weighted by atomic mass is 9.95. The van der Waals surface area contributed by atoms with E-state index < -0.39 is 0 Å². The molecular weight excluding hydrogens is 260 g/mol. The van der Waals surface area contributed by atoms with Gasteiger partial charge in [-0.1, -0.05) is 32.9 Å². The number of nitrogens with zero attached hydrogens (tertiary/aromatic N) is 3. The maximum absolute atomic E-state index is 8.90. The van der Waals surface area contributed by atoms with Crippen LogP contribution in [-0.2, 0) is 5.41 Å². The molecule has 1 aromatic heterocycles. The maximum atomic E-state index is 8.90. The minimum atomic E-state index is -0.0401. The van der Waals surface area contributed by atoms with Gasteiger partial charge >= 0.3 is 0 Å². The molecule has 1 aromatic carbocycles. The standard InChI is InChI=1S/C17H20N4/c1-17(2,3)16-20-14(15(19)21(16)13-8-9-13)12-6-4-11(10-18)5-7-12/h4-7,13H,8-9,19H2,1-3H3. The largest absolute Gasteiger partial charge is 0.383 e. The van der Waals surface area contributed by atoms with Gasteiger partial charge in [0.1, 0.15) is 17.3 Å². The highest BCUT2D eigenvalue weighted by Gasteiger charge is 2.34. The van der Waals surface area contributed by atoms with Crippen molar-refractivity contribution < 1.29 is 0 Å². The summed E-state index contributed by atoms with van der Waals surface area (Å²) in [6.07, 6.45) is 2.35. The van der Waals surface area contributed by atoms with Crippen LogP contribution in [0.1, 0.15) is 51.0 Å². The molecule has 0 amide bonds. The van der Waals surface area contributed by atoms with Crippen molar-refractivity contribution in [1.82, 2.24) is 9.55 Å². The van der Waals surface area contributed by atoms with Crippen LogP contribution in [0.15, 0.2) is 24.3 Å². The minimum Gasteiger partial charge on any atom is -0.383 e. The van der Waals surface area contributed by atoms with Crippen LogP contribution in [0.25, 0.3) is 11.3 Å². The molecule has 0 saturated heterocycles. The molecule has 0 bridgehead atoms. The first-order valence-electron chi connectivity index (χ1n) is 7.30. The fourth-order valence-corrected chi connectivity index (χ4v) is 2.59. The molecule has 0 unspecified atom stereocenters. The van der Waals surface area contributed by atoms with E-state index in [0.29, 0.717) is 11.6 Å². The highest BCUT2D eigenvalue weighted by Crippen LogP contribution is 2.43. The quantitative estimate of drug-likeness (QED) is 0.913. The number of nitrogen functional groups attached to an aromatic ring is 1. The molecule has 21 heavy (non-hydrogen) atoms. The summed E-state index contributed by atoms with van der Waals surface area (Å²) in [6, 6.07) is 10.1. The van der Waals surface area contributed by atoms with Crippen LogP contribution in [0, 0.1) is 11.3 Å². The molecule has 2 aromatic rings. The number of nitrogens with two attached hydrogens (primary N) is 1. The van der Waals surface area contributed by atoms with E-state index in [-0.39, 0.29) is 5.41 Å². The number of rotatable bonds is 2. The van der Waals surface area contributed by atoms with E-state index in [1.807, 2.05) is 24.3 Å². The van der Waals surface area contributed by atoms with Gasteiger partial charge in [0.15, 0.2) is 0 Å². The molecule has 1 aliphatic rings. The Morgan fingerprint density at radius 3 is 2.33 bits per heavy atom. The van der Waals surface area contributed by atoms with Crippen LogP contribution in [0.2, 0.25) is 0 Å². The lowest BCUT2D eigenvalue weighted by Crippen LogP contribution is -2.19. The van der Waals surface area contributed by atoms with E-state index in [0.717, 1.165) is 22.9 Å². The van der Waals surface area contributed by atoms with Gasteiger partial charge in [-0.05, 0) is 25.0 Å². The predicted molar refractivity (Wildman–Crippen MR) is 83.8 cm³/mol. The number of benzene rings is 1. The van der Waals surface area contributed by atoms with Crippen molar-refractivity contribution in [1.29, 1.82) is 5.26 Å². The zero-order valence-corrected chi connectivity index (χ0v) is 12.7. The summed E-state index contributed by atoms with van der Waals surface area (Å²) in [5.41, 5.74) is 8.79. The van der Waals surface area contributed by atoms with Gasteiger partial charge < -0.3 is 10.3 Å². The van der Waals surface area contributed by atoms with Gasteiger partial charge in [0, 0.05) is 17.0 Å². The number of hydrogen-bond acceptors (Lipinski definition) is 3. The molecule has 0 spiro atoms. The predicted octanol–water partition coefficient (Wildman–Crippen LogP) is 3.64. The van der Waals surface area contributed by atoms with Crippen molar-refractivity contribution in [2.45, 2.75) is 45.1 Å². The van der Waals surface area contributed by atoms with Gasteiger partial charge in [0.2, 0.25) is 0 Å². The van der Waals surface area contributed by atoms with Crippen molar-refractivity contribution in [3.05, 3.63) is 35.7 Å². The average Bonchev–Trinajstić information content (AvgIpc) is 3.21. The SMILES string of the molecule is CC(C)(C)c1nc(-c2ccc(C#N)cc2)c(N)n1C1CC1. The molecule has 108 valence electrons. The first kappa shape index (κ1) is 13.7. The fourth-order valence-electron chi connectivity index (χ4n) is 2.59. The zero-order valence-electron chi connectivity index (χ0n) is 12.7. The number of nitriles is 1. The summed E-state index contributed by atoms with van der Waals surface area (Å²) in [5.74, 6) is 1.79. The number of aromatic nitrogens is 2. The number of imidazole rings is 1. The van der Waals surface area contributed by atoms with Crippen molar-refractivity contribution in [2.75, 3.05) is 5.73 Å². The molecule has 1 saturated carbocycles. The minimum absolute atomic E-state index is 0.0401. The molecule has 1 heterocycles. The van der Waals surface area contributed by atoms with Crippen molar-refractivity contribution >= 4 is 5.82 Å². The molecule has 0 aliphatic heterocycles. The third kappa shape index (κ3) is 2.40. The summed E-state index contributed by atoms with van der Waals surface area (Å²) in [5, 5.41) is 8.90. The summed E-state index contributed by atoms with van der Waals surface area (Å²) in [4.78, 5) is 4.82. The Kier molecular flexibility index (Phi) is 3.02. The second-order valence-corrected chi connectivity index (χ2v) is 6.71. The Balaban J connectivity index is 2.12. The van der Waals surface area contributed by atoms with Crippen LogP contribution in [0.4, 0.5) is 5.82 Å². The van der Waals surface area contributed by atoms with Crippen LogP contribution in [0.3, 0.4) is 0 Å². The first-order valence-corrected chi connectivity index (χ1v) is 7.30. The monoisotopic (exact) mass is 280 g/mol. The van der Waals surface area contributed by atoms with Gasteiger partial charge in [-0.25, -0.2) is 4.98 Å². The first-order chi connectivity index (χ1) is 9.91. The van der Waals surface area contributed by atoms with E-state index in [4.69, 9.17) is 16.0 Å². The van der Waals surface area contributed by atoms with Crippen LogP contribution < -0.4 is 5.73 Å². The Morgan fingerprint density at radius 2 is 1.86 bits per heavy atom. The summed E-state index contributed by atoms with van der Waals surface area (Å²) in [7, 11) is 0. The second kappa shape index (κ2) is 4.63. The fraction of sp³-hybridized carbons (Fsp3) is 0.412. The highest BCUT2D eigenvalue weighted by molar-refractivity contribution is 5.72. The molecular formula is C17H20N4. The molecule has 3 rings (SSSR count). The lowest BCUT2D eigenvalue weighted by molar-refractivity contribution is 0.504.